The van der Waals surface area contributed by atoms with Crippen LogP contribution in [0.15, 0.2) is 40.5 Å². The first kappa shape index (κ1) is 18.4. The number of aromatic nitrogens is 4. The number of thiophene rings is 1. The predicted octanol–water partition coefficient (Wildman–Crippen LogP) is 2.68. The number of nitrogens with zero attached hydrogens (tertiary/aromatic N) is 4. The number of fused-ring (bicyclic) bond motifs is 3. The summed E-state index contributed by atoms with van der Waals surface area (Å²) in [5, 5.41) is 13.3. The second kappa shape index (κ2) is 7.55. The van der Waals surface area contributed by atoms with E-state index >= 15 is 0 Å². The van der Waals surface area contributed by atoms with E-state index in [4.69, 9.17) is 0 Å². The number of hydrogen-bond acceptors (Lipinski definition) is 5. The van der Waals surface area contributed by atoms with Crippen molar-refractivity contribution in [3.63, 3.8) is 0 Å². The highest BCUT2D eigenvalue weighted by Crippen LogP contribution is 2.20. The van der Waals surface area contributed by atoms with Crippen molar-refractivity contribution in [3.8, 4) is 0 Å². The molecule has 0 spiro atoms. The molecule has 3 heterocycles. The minimum atomic E-state index is -0.0465. The van der Waals surface area contributed by atoms with Gasteiger partial charge in [-0.1, -0.05) is 29.8 Å². The molecule has 0 aliphatic carbocycles. The highest BCUT2D eigenvalue weighted by Gasteiger charge is 2.17. The van der Waals surface area contributed by atoms with Gasteiger partial charge >= 0.3 is 0 Å². The summed E-state index contributed by atoms with van der Waals surface area (Å²) in [6.07, 6.45) is 0.761. The van der Waals surface area contributed by atoms with Gasteiger partial charge in [0.2, 0.25) is 11.7 Å². The van der Waals surface area contributed by atoms with E-state index in [1.807, 2.05) is 54.0 Å². The molecule has 0 fully saturated rings. The van der Waals surface area contributed by atoms with Gasteiger partial charge in [0.05, 0.1) is 5.52 Å². The zero-order chi connectivity index (χ0) is 19.7. The monoisotopic (exact) mass is 395 g/mol. The maximum absolute atomic E-state index is 12.6. The van der Waals surface area contributed by atoms with E-state index in [0.29, 0.717) is 42.2 Å². The van der Waals surface area contributed by atoms with Gasteiger partial charge in [0.15, 0.2) is 0 Å². The van der Waals surface area contributed by atoms with E-state index in [9.17, 15) is 9.59 Å². The fourth-order valence-corrected chi connectivity index (χ4v) is 4.07. The lowest BCUT2D eigenvalue weighted by Crippen LogP contribution is -2.24. The number of carbonyl (C=O) groups excluding carboxylic acids is 1. The highest BCUT2D eigenvalue weighted by molar-refractivity contribution is 7.17. The van der Waals surface area contributed by atoms with Crippen molar-refractivity contribution in [1.82, 2.24) is 24.5 Å². The first-order chi connectivity index (χ1) is 13.6. The normalized spacial score (nSPS) is 11.4. The van der Waals surface area contributed by atoms with Gasteiger partial charge in [-0.05, 0) is 30.9 Å². The summed E-state index contributed by atoms with van der Waals surface area (Å²) in [5.74, 6) is 1.17. The molecule has 0 aliphatic rings. The molecule has 7 nitrogen and oxygen atoms in total. The van der Waals surface area contributed by atoms with Crippen molar-refractivity contribution in [2.75, 3.05) is 0 Å². The van der Waals surface area contributed by atoms with Gasteiger partial charge in [-0.3, -0.25) is 18.6 Å². The van der Waals surface area contributed by atoms with Crippen LogP contribution in [0.2, 0.25) is 0 Å². The van der Waals surface area contributed by atoms with Gasteiger partial charge in [-0.25, -0.2) is 0 Å². The number of aryl methyl sites for hydroxylation is 3. The molecule has 8 heteroatoms. The number of hydrogen-bond donors (Lipinski definition) is 1. The molecule has 0 atom stereocenters. The first-order valence-electron chi connectivity index (χ1n) is 9.24. The molecule has 1 amide bonds. The van der Waals surface area contributed by atoms with Gasteiger partial charge < -0.3 is 5.32 Å². The van der Waals surface area contributed by atoms with Crippen LogP contribution in [-0.4, -0.2) is 25.1 Å². The third-order valence-corrected chi connectivity index (χ3v) is 5.67. The van der Waals surface area contributed by atoms with Crippen LogP contribution in [0.5, 0.6) is 0 Å². The van der Waals surface area contributed by atoms with Crippen LogP contribution in [0.4, 0.5) is 0 Å². The minimum absolute atomic E-state index is 0.0392. The molecule has 0 radical (unpaired) electrons. The summed E-state index contributed by atoms with van der Waals surface area (Å²) in [5.41, 5.74) is 3.02. The average Bonchev–Trinajstić information content (AvgIpc) is 3.33. The van der Waals surface area contributed by atoms with Crippen LogP contribution >= 0.6 is 11.3 Å². The lowest BCUT2D eigenvalue weighted by molar-refractivity contribution is -0.121. The van der Waals surface area contributed by atoms with E-state index in [1.54, 1.807) is 4.57 Å². The summed E-state index contributed by atoms with van der Waals surface area (Å²) in [4.78, 5) is 24.9. The number of amides is 1. The Morgan fingerprint density at radius 1 is 1.18 bits per heavy atom. The SMILES string of the molecule is CCn1c(=O)c2sccc2n2c(CCC(=O)NCc3ccc(C)cc3)nnc12. The Balaban J connectivity index is 1.52. The van der Waals surface area contributed by atoms with Crippen molar-refractivity contribution in [1.29, 1.82) is 0 Å². The van der Waals surface area contributed by atoms with E-state index in [2.05, 4.69) is 15.5 Å². The molecule has 0 unspecified atom stereocenters. The van der Waals surface area contributed by atoms with Gasteiger partial charge in [0.1, 0.15) is 10.5 Å². The van der Waals surface area contributed by atoms with E-state index < -0.39 is 0 Å². The fourth-order valence-electron chi connectivity index (χ4n) is 3.25. The molecule has 4 rings (SSSR count). The quantitative estimate of drug-likeness (QED) is 0.544. The summed E-state index contributed by atoms with van der Waals surface area (Å²) in [7, 11) is 0. The predicted molar refractivity (Wildman–Crippen MR) is 110 cm³/mol. The van der Waals surface area contributed by atoms with Crippen molar-refractivity contribution in [2.45, 2.75) is 39.8 Å². The van der Waals surface area contributed by atoms with Crippen LogP contribution in [0.1, 0.15) is 30.3 Å². The third-order valence-electron chi connectivity index (χ3n) is 4.78. The zero-order valence-electron chi connectivity index (χ0n) is 15.8. The van der Waals surface area contributed by atoms with Crippen LogP contribution in [-0.2, 0) is 24.3 Å². The molecule has 1 N–H and O–H groups in total. The van der Waals surface area contributed by atoms with Crippen LogP contribution in [0.3, 0.4) is 0 Å². The number of benzene rings is 1. The molecule has 0 saturated heterocycles. The van der Waals surface area contributed by atoms with Gasteiger partial charge in [0, 0.05) is 25.9 Å². The largest absolute Gasteiger partial charge is 0.352 e. The van der Waals surface area contributed by atoms with Crippen molar-refractivity contribution >= 4 is 33.2 Å². The van der Waals surface area contributed by atoms with Crippen molar-refractivity contribution < 1.29 is 4.79 Å². The van der Waals surface area contributed by atoms with Gasteiger partial charge in [-0.15, -0.1) is 21.5 Å². The smallest absolute Gasteiger partial charge is 0.272 e. The lowest BCUT2D eigenvalue weighted by atomic mass is 10.1. The highest BCUT2D eigenvalue weighted by atomic mass is 32.1. The van der Waals surface area contributed by atoms with Crippen LogP contribution in [0, 0.1) is 6.92 Å². The maximum atomic E-state index is 12.6. The van der Waals surface area contributed by atoms with Gasteiger partial charge in [-0.2, -0.15) is 0 Å². The minimum Gasteiger partial charge on any atom is -0.352 e. The Kier molecular flexibility index (Phi) is 4.95. The summed E-state index contributed by atoms with van der Waals surface area (Å²) in [6, 6.07) is 9.99. The molecule has 4 aromatic rings. The second-order valence-electron chi connectivity index (χ2n) is 6.70. The zero-order valence-corrected chi connectivity index (χ0v) is 16.6. The molecule has 28 heavy (non-hydrogen) atoms. The van der Waals surface area contributed by atoms with E-state index in [-0.39, 0.29) is 11.5 Å². The Labute approximate surface area is 165 Å². The fraction of sp³-hybridized carbons (Fsp3) is 0.300. The molecule has 144 valence electrons. The second-order valence-corrected chi connectivity index (χ2v) is 7.61. The summed E-state index contributed by atoms with van der Waals surface area (Å²) in [6.45, 7) is 4.97. The summed E-state index contributed by atoms with van der Waals surface area (Å²) < 4.78 is 4.19. The molecule has 0 bridgehead atoms. The average molecular weight is 395 g/mol. The molecular formula is C20H21N5O2S. The van der Waals surface area contributed by atoms with Crippen LogP contribution < -0.4 is 10.9 Å². The molecule has 0 aliphatic heterocycles. The summed E-state index contributed by atoms with van der Waals surface area (Å²) >= 11 is 1.41. The Hall–Kier alpha value is -3.00. The van der Waals surface area contributed by atoms with E-state index in [0.717, 1.165) is 11.1 Å². The number of nitrogens with one attached hydrogen (secondary N) is 1. The topological polar surface area (TPSA) is 81.3 Å². The molecule has 1 aromatic carbocycles. The number of carbonyl (C=O) groups is 1. The van der Waals surface area contributed by atoms with Crippen LogP contribution in [0.25, 0.3) is 16.0 Å². The van der Waals surface area contributed by atoms with Gasteiger partial charge in [0.25, 0.3) is 5.56 Å². The van der Waals surface area contributed by atoms with Crippen molar-refractivity contribution in [3.05, 3.63) is 63.0 Å². The van der Waals surface area contributed by atoms with Crippen molar-refractivity contribution in [2.24, 2.45) is 0 Å². The Morgan fingerprint density at radius 3 is 2.71 bits per heavy atom. The number of rotatable bonds is 6. The molecular weight excluding hydrogens is 374 g/mol. The maximum Gasteiger partial charge on any atom is 0.272 e. The standard InChI is InChI=1S/C20H21N5O2S/c1-3-24-19(27)18-15(10-11-28-18)25-16(22-23-20(24)25)8-9-17(26)21-12-14-6-4-13(2)5-7-14/h4-7,10-11H,3,8-9,12H2,1-2H3,(H,21,26). The molecule has 0 saturated carbocycles. The lowest BCUT2D eigenvalue weighted by Gasteiger charge is -2.08. The first-order valence-corrected chi connectivity index (χ1v) is 10.1. The molecule has 3 aromatic heterocycles. The van der Waals surface area contributed by atoms with E-state index in [1.165, 1.54) is 16.9 Å². The Bertz CT molecular complexity index is 1200. The Morgan fingerprint density at radius 2 is 1.96 bits per heavy atom. The third kappa shape index (κ3) is 3.31.